The Kier molecular flexibility index (Phi) is 1.11. The lowest BCUT2D eigenvalue weighted by Crippen LogP contribution is -2.16. The molecule has 14 heavy (non-hydrogen) atoms. The number of hydrogen-bond acceptors (Lipinski definition) is 0. The molecule has 2 bridgehead atoms. The molecule has 70 valence electrons. The van der Waals surface area contributed by atoms with Gasteiger partial charge in [-0.25, -0.2) is 0 Å². The quantitative estimate of drug-likeness (QED) is 0.585. The molecule has 0 heteroatoms. The van der Waals surface area contributed by atoms with Crippen molar-refractivity contribution in [2.24, 2.45) is 17.8 Å². The maximum absolute atomic E-state index is 2.47. The van der Waals surface area contributed by atoms with Crippen LogP contribution in [0.4, 0.5) is 0 Å². The fourth-order valence-corrected chi connectivity index (χ4v) is 3.97. The second kappa shape index (κ2) is 2.13. The Labute approximate surface area is 84.6 Å². The van der Waals surface area contributed by atoms with Crippen molar-refractivity contribution in [3.63, 3.8) is 0 Å². The number of rotatable bonds is 1. The van der Waals surface area contributed by atoms with E-state index in [1.165, 1.54) is 12.8 Å². The van der Waals surface area contributed by atoms with Gasteiger partial charge >= 0.3 is 0 Å². The summed E-state index contributed by atoms with van der Waals surface area (Å²) in [5.74, 6) is 2.76. The first-order valence-corrected chi connectivity index (χ1v) is 5.65. The van der Waals surface area contributed by atoms with Crippen molar-refractivity contribution in [3.8, 4) is 0 Å². The molecule has 0 aromatic heterocycles. The second-order valence-corrected chi connectivity index (χ2v) is 5.11. The average molecular weight is 182 g/mol. The van der Waals surface area contributed by atoms with Gasteiger partial charge in [-0.15, -0.1) is 0 Å². The molecule has 0 aliphatic heterocycles. The summed E-state index contributed by atoms with van der Waals surface area (Å²) in [6.07, 6.45) is 7.81. The predicted octanol–water partition coefficient (Wildman–Crippen LogP) is 3.15. The van der Waals surface area contributed by atoms with Crippen LogP contribution in [-0.2, 0) is 5.41 Å². The topological polar surface area (TPSA) is 0 Å². The van der Waals surface area contributed by atoms with Gasteiger partial charge in [0.25, 0.3) is 0 Å². The van der Waals surface area contributed by atoms with Crippen LogP contribution in [0.5, 0.6) is 0 Å². The Morgan fingerprint density at radius 2 is 1.93 bits per heavy atom. The lowest BCUT2D eigenvalue weighted by Gasteiger charge is -2.20. The minimum absolute atomic E-state index is 0.584. The molecule has 0 saturated heterocycles. The van der Waals surface area contributed by atoms with Crippen molar-refractivity contribution in [2.45, 2.75) is 18.3 Å². The average Bonchev–Trinajstić information content (AvgIpc) is 2.76. The van der Waals surface area contributed by atoms with Crippen LogP contribution in [0.25, 0.3) is 0 Å². The summed E-state index contributed by atoms with van der Waals surface area (Å²) < 4.78 is 0. The van der Waals surface area contributed by atoms with Crippen molar-refractivity contribution < 1.29 is 0 Å². The van der Waals surface area contributed by atoms with E-state index in [1.807, 2.05) is 0 Å². The van der Waals surface area contributed by atoms with Crippen molar-refractivity contribution in [3.05, 3.63) is 48.0 Å². The zero-order valence-corrected chi connectivity index (χ0v) is 8.19. The van der Waals surface area contributed by atoms with Gasteiger partial charge in [0, 0.05) is 5.41 Å². The lowest BCUT2D eigenvalue weighted by atomic mass is 9.84. The van der Waals surface area contributed by atoms with Gasteiger partial charge in [0.15, 0.2) is 0 Å². The van der Waals surface area contributed by atoms with Gasteiger partial charge in [-0.2, -0.15) is 0 Å². The number of hydrogen-bond donors (Lipinski definition) is 0. The standard InChI is InChI=1S/C14H14/c1-2-4-11(5-3-1)14-9-13(14)10-6-7-12(14)8-10/h1-7,10,12-13H,8-9H2. The van der Waals surface area contributed by atoms with E-state index in [1.54, 1.807) is 5.56 Å². The van der Waals surface area contributed by atoms with Gasteiger partial charge in [0.05, 0.1) is 0 Å². The van der Waals surface area contributed by atoms with E-state index in [2.05, 4.69) is 42.5 Å². The number of allylic oxidation sites excluding steroid dienone is 2. The first kappa shape index (κ1) is 7.28. The van der Waals surface area contributed by atoms with Crippen molar-refractivity contribution in [1.82, 2.24) is 0 Å². The molecule has 3 aliphatic rings. The number of benzene rings is 1. The van der Waals surface area contributed by atoms with Gasteiger partial charge in [-0.3, -0.25) is 0 Å². The van der Waals surface area contributed by atoms with Gasteiger partial charge < -0.3 is 0 Å². The highest BCUT2D eigenvalue weighted by molar-refractivity contribution is 5.43. The molecule has 1 aromatic rings. The molecule has 0 spiro atoms. The fourth-order valence-electron chi connectivity index (χ4n) is 3.97. The smallest absolute Gasteiger partial charge is 0.00532 e. The molecular weight excluding hydrogens is 168 g/mol. The minimum Gasteiger partial charge on any atom is -0.0848 e. The van der Waals surface area contributed by atoms with Gasteiger partial charge in [0.2, 0.25) is 0 Å². The molecule has 2 saturated carbocycles. The maximum Gasteiger partial charge on any atom is 0.00532 e. The molecule has 3 aliphatic carbocycles. The molecule has 4 unspecified atom stereocenters. The summed E-state index contributed by atoms with van der Waals surface area (Å²) in [4.78, 5) is 0. The molecule has 2 fully saturated rings. The van der Waals surface area contributed by atoms with Crippen LogP contribution in [0.3, 0.4) is 0 Å². The van der Waals surface area contributed by atoms with Gasteiger partial charge in [-0.05, 0) is 36.2 Å². The van der Waals surface area contributed by atoms with Crippen LogP contribution in [0, 0.1) is 17.8 Å². The van der Waals surface area contributed by atoms with Crippen LogP contribution in [0.1, 0.15) is 18.4 Å². The third-order valence-corrected chi connectivity index (χ3v) is 4.67. The Morgan fingerprint density at radius 1 is 1.07 bits per heavy atom. The van der Waals surface area contributed by atoms with E-state index in [-0.39, 0.29) is 0 Å². The number of fused-ring (bicyclic) bond motifs is 5. The van der Waals surface area contributed by atoms with E-state index >= 15 is 0 Å². The highest BCUT2D eigenvalue weighted by Gasteiger charge is 2.67. The Bertz CT molecular complexity index is 403. The molecule has 1 aromatic carbocycles. The molecule has 0 radical (unpaired) electrons. The van der Waals surface area contributed by atoms with Crippen molar-refractivity contribution in [1.29, 1.82) is 0 Å². The van der Waals surface area contributed by atoms with Crippen LogP contribution in [0.2, 0.25) is 0 Å². The summed E-state index contributed by atoms with van der Waals surface area (Å²) in [5, 5.41) is 0. The van der Waals surface area contributed by atoms with E-state index in [0.717, 1.165) is 17.8 Å². The van der Waals surface area contributed by atoms with Gasteiger partial charge in [-0.1, -0.05) is 42.5 Å². The minimum atomic E-state index is 0.584. The van der Waals surface area contributed by atoms with E-state index in [0.29, 0.717) is 5.41 Å². The third-order valence-electron chi connectivity index (χ3n) is 4.67. The molecular formula is C14H14. The Balaban J connectivity index is 1.85. The summed E-state index contributed by atoms with van der Waals surface area (Å²) in [7, 11) is 0. The van der Waals surface area contributed by atoms with Crippen LogP contribution < -0.4 is 0 Å². The third kappa shape index (κ3) is 0.648. The SMILES string of the molecule is C1=CC2CC1C1CC21c1ccccc1. The van der Waals surface area contributed by atoms with Crippen LogP contribution in [-0.4, -0.2) is 0 Å². The Morgan fingerprint density at radius 3 is 2.64 bits per heavy atom. The summed E-state index contributed by atoms with van der Waals surface area (Å²) in [5.41, 5.74) is 2.18. The zero-order chi connectivity index (χ0) is 9.17. The van der Waals surface area contributed by atoms with E-state index in [9.17, 15) is 0 Å². The molecule has 0 N–H and O–H groups in total. The van der Waals surface area contributed by atoms with Crippen LogP contribution >= 0.6 is 0 Å². The summed E-state index contributed by atoms with van der Waals surface area (Å²) in [6.45, 7) is 0. The predicted molar refractivity (Wildman–Crippen MR) is 57.0 cm³/mol. The summed E-state index contributed by atoms with van der Waals surface area (Å²) >= 11 is 0. The van der Waals surface area contributed by atoms with E-state index < -0.39 is 0 Å². The monoisotopic (exact) mass is 182 g/mol. The largest absolute Gasteiger partial charge is 0.0848 e. The first-order chi connectivity index (χ1) is 6.91. The maximum atomic E-state index is 2.47. The zero-order valence-electron chi connectivity index (χ0n) is 8.19. The van der Waals surface area contributed by atoms with Crippen LogP contribution in [0.15, 0.2) is 42.5 Å². The molecule has 0 amide bonds. The van der Waals surface area contributed by atoms with Crippen molar-refractivity contribution >= 4 is 0 Å². The lowest BCUT2D eigenvalue weighted by molar-refractivity contribution is 0.525. The first-order valence-electron chi connectivity index (χ1n) is 5.65. The fraction of sp³-hybridized carbons (Fsp3) is 0.429. The highest BCUT2D eigenvalue weighted by Crippen LogP contribution is 2.72. The second-order valence-electron chi connectivity index (χ2n) is 5.11. The van der Waals surface area contributed by atoms with Crippen molar-refractivity contribution in [2.75, 3.05) is 0 Å². The summed E-state index contributed by atoms with van der Waals surface area (Å²) in [6, 6.07) is 11.2. The molecule has 0 nitrogen and oxygen atoms in total. The van der Waals surface area contributed by atoms with Gasteiger partial charge in [0.1, 0.15) is 0 Å². The molecule has 0 heterocycles. The molecule has 4 atom stereocenters. The normalized spacial score (nSPS) is 46.7. The van der Waals surface area contributed by atoms with E-state index in [4.69, 9.17) is 0 Å². The highest BCUT2D eigenvalue weighted by atomic mass is 14.7. The Hall–Kier alpha value is -1.04. The molecule has 4 rings (SSSR count).